The Labute approximate surface area is 143 Å². The summed E-state index contributed by atoms with van der Waals surface area (Å²) >= 11 is 0. The van der Waals surface area contributed by atoms with Gasteiger partial charge in [-0.2, -0.15) is 4.31 Å². The van der Waals surface area contributed by atoms with Crippen LogP contribution >= 0.6 is 0 Å². The summed E-state index contributed by atoms with van der Waals surface area (Å²) in [4.78, 5) is 4.45. The zero-order chi connectivity index (χ0) is 17.0. The van der Waals surface area contributed by atoms with Crippen molar-refractivity contribution in [2.45, 2.75) is 26.3 Å². The molecular weight excluding hydrogens is 324 g/mol. The first-order valence-corrected chi connectivity index (χ1v) is 9.85. The van der Waals surface area contributed by atoms with Crippen LogP contribution in [0.15, 0.2) is 42.6 Å². The Morgan fingerprint density at radius 3 is 2.79 bits per heavy atom. The molecule has 0 unspecified atom stereocenters. The molecule has 1 aromatic carbocycles. The second-order valence-electron chi connectivity index (χ2n) is 5.93. The Morgan fingerprint density at radius 2 is 2.12 bits per heavy atom. The minimum absolute atomic E-state index is 0.257. The summed E-state index contributed by atoms with van der Waals surface area (Å²) in [5.74, 6) is 1.02. The minimum Gasteiger partial charge on any atom is -0.492 e. The molecule has 0 radical (unpaired) electrons. The molecular formula is C18H22N2O3S. The van der Waals surface area contributed by atoms with Crippen molar-refractivity contribution in [2.75, 3.05) is 18.9 Å². The number of rotatable bonds is 6. The molecule has 5 nitrogen and oxygen atoms in total. The van der Waals surface area contributed by atoms with E-state index in [0.717, 1.165) is 29.0 Å². The Bertz CT molecular complexity index is 788. The predicted octanol–water partition coefficient (Wildman–Crippen LogP) is 3.07. The van der Waals surface area contributed by atoms with Crippen molar-refractivity contribution in [3.05, 3.63) is 48.2 Å². The topological polar surface area (TPSA) is 59.5 Å². The summed E-state index contributed by atoms with van der Waals surface area (Å²) in [6.07, 6.45) is 3.40. The van der Waals surface area contributed by atoms with Crippen molar-refractivity contribution in [3.63, 3.8) is 0 Å². The number of benzene rings is 1. The molecule has 0 spiro atoms. The number of nitrogens with zero attached hydrogens (tertiary/aromatic N) is 2. The van der Waals surface area contributed by atoms with Gasteiger partial charge in [-0.05, 0) is 36.6 Å². The van der Waals surface area contributed by atoms with Crippen LogP contribution in [-0.2, 0) is 16.6 Å². The summed E-state index contributed by atoms with van der Waals surface area (Å²) < 4.78 is 31.0. The number of ether oxygens (including phenoxy) is 1. The average Bonchev–Trinajstić information content (AvgIpc) is 2.92. The monoisotopic (exact) mass is 346 g/mol. The molecule has 128 valence electrons. The fraction of sp³-hybridized carbons (Fsp3) is 0.389. The summed E-state index contributed by atoms with van der Waals surface area (Å²) in [5.41, 5.74) is 2.81. The molecule has 1 aliphatic heterocycles. The fourth-order valence-electron chi connectivity index (χ4n) is 2.76. The first kappa shape index (κ1) is 16.9. The molecule has 6 heteroatoms. The van der Waals surface area contributed by atoms with Crippen LogP contribution in [0.3, 0.4) is 0 Å². The molecule has 1 aliphatic rings. The van der Waals surface area contributed by atoms with Crippen molar-refractivity contribution >= 4 is 10.0 Å². The molecule has 1 saturated heterocycles. The highest BCUT2D eigenvalue weighted by Gasteiger charge is 2.27. The zero-order valence-corrected chi connectivity index (χ0v) is 14.6. The lowest BCUT2D eigenvalue weighted by atomic mass is 10.1. The van der Waals surface area contributed by atoms with Gasteiger partial charge in [0.15, 0.2) is 0 Å². The highest BCUT2D eigenvalue weighted by molar-refractivity contribution is 7.89. The highest BCUT2D eigenvalue weighted by atomic mass is 32.2. The quantitative estimate of drug-likeness (QED) is 0.806. The lowest BCUT2D eigenvalue weighted by Gasteiger charge is -2.14. The van der Waals surface area contributed by atoms with Gasteiger partial charge in [-0.3, -0.25) is 4.98 Å². The van der Waals surface area contributed by atoms with Gasteiger partial charge in [0.1, 0.15) is 5.75 Å². The van der Waals surface area contributed by atoms with E-state index in [1.54, 1.807) is 10.5 Å². The van der Waals surface area contributed by atoms with Gasteiger partial charge in [-0.15, -0.1) is 0 Å². The van der Waals surface area contributed by atoms with Crippen molar-refractivity contribution in [1.29, 1.82) is 0 Å². The standard InChI is InChI=1S/C18H22N2O3S/c1-2-10-23-17-7-8-18(19-13-17)16-6-3-5-15(12-16)14-20-9-4-11-24(20,21)22/h3,5-8,12-13H,2,4,9-11,14H2,1H3. The van der Waals surface area contributed by atoms with E-state index in [2.05, 4.69) is 11.9 Å². The Balaban J connectivity index is 1.75. The maximum absolute atomic E-state index is 11.9. The van der Waals surface area contributed by atoms with E-state index in [1.165, 1.54) is 0 Å². The molecule has 2 aromatic rings. The van der Waals surface area contributed by atoms with Gasteiger partial charge in [0.05, 0.1) is 24.3 Å². The number of hydrogen-bond donors (Lipinski definition) is 0. The lowest BCUT2D eigenvalue weighted by Crippen LogP contribution is -2.25. The molecule has 0 aliphatic carbocycles. The Morgan fingerprint density at radius 1 is 1.25 bits per heavy atom. The minimum atomic E-state index is -3.08. The lowest BCUT2D eigenvalue weighted by molar-refractivity contribution is 0.316. The van der Waals surface area contributed by atoms with Gasteiger partial charge < -0.3 is 4.74 Å². The van der Waals surface area contributed by atoms with Crippen LogP contribution in [0.4, 0.5) is 0 Å². The summed E-state index contributed by atoms with van der Waals surface area (Å²) in [6, 6.07) is 11.7. The number of hydrogen-bond acceptors (Lipinski definition) is 4. The van der Waals surface area contributed by atoms with Gasteiger partial charge in [-0.25, -0.2) is 8.42 Å². The first-order valence-electron chi connectivity index (χ1n) is 8.24. The van der Waals surface area contributed by atoms with Gasteiger partial charge in [0, 0.05) is 18.7 Å². The van der Waals surface area contributed by atoms with E-state index >= 15 is 0 Å². The van der Waals surface area contributed by atoms with E-state index < -0.39 is 10.0 Å². The average molecular weight is 346 g/mol. The second kappa shape index (κ2) is 7.32. The second-order valence-corrected chi connectivity index (χ2v) is 8.02. The third-order valence-electron chi connectivity index (χ3n) is 3.99. The van der Waals surface area contributed by atoms with Crippen LogP contribution in [0.25, 0.3) is 11.3 Å². The first-order chi connectivity index (χ1) is 11.6. The molecule has 0 atom stereocenters. The van der Waals surface area contributed by atoms with Crippen molar-refractivity contribution in [2.24, 2.45) is 0 Å². The largest absolute Gasteiger partial charge is 0.492 e. The van der Waals surface area contributed by atoms with Gasteiger partial charge in [-0.1, -0.05) is 25.1 Å². The van der Waals surface area contributed by atoms with E-state index in [4.69, 9.17) is 4.74 Å². The normalized spacial score (nSPS) is 17.0. The van der Waals surface area contributed by atoms with Crippen LogP contribution in [0, 0.1) is 0 Å². The van der Waals surface area contributed by atoms with Crippen LogP contribution in [0.2, 0.25) is 0 Å². The van der Waals surface area contributed by atoms with E-state index in [1.807, 2.05) is 36.4 Å². The van der Waals surface area contributed by atoms with Gasteiger partial charge in [0.25, 0.3) is 0 Å². The third kappa shape index (κ3) is 3.94. The van der Waals surface area contributed by atoms with Crippen molar-refractivity contribution < 1.29 is 13.2 Å². The molecule has 0 saturated carbocycles. The highest BCUT2D eigenvalue weighted by Crippen LogP contribution is 2.23. The zero-order valence-electron chi connectivity index (χ0n) is 13.8. The molecule has 3 rings (SSSR count). The van der Waals surface area contributed by atoms with E-state index in [-0.39, 0.29) is 5.75 Å². The fourth-order valence-corrected chi connectivity index (χ4v) is 4.26. The summed E-state index contributed by atoms with van der Waals surface area (Å²) in [7, 11) is -3.08. The molecule has 24 heavy (non-hydrogen) atoms. The van der Waals surface area contributed by atoms with Crippen LogP contribution in [0.1, 0.15) is 25.3 Å². The molecule has 2 heterocycles. The summed E-state index contributed by atoms with van der Waals surface area (Å²) in [6.45, 7) is 3.77. The molecule has 0 N–H and O–H groups in total. The van der Waals surface area contributed by atoms with Gasteiger partial charge in [0.2, 0.25) is 10.0 Å². The number of aromatic nitrogens is 1. The SMILES string of the molecule is CCCOc1ccc(-c2cccc(CN3CCCS3(=O)=O)c2)nc1. The molecule has 1 fully saturated rings. The molecule has 0 bridgehead atoms. The van der Waals surface area contributed by atoms with Crippen LogP contribution in [-0.4, -0.2) is 36.6 Å². The maximum Gasteiger partial charge on any atom is 0.214 e. The number of sulfonamides is 1. The maximum atomic E-state index is 11.9. The van der Waals surface area contributed by atoms with Crippen molar-refractivity contribution in [1.82, 2.24) is 9.29 Å². The van der Waals surface area contributed by atoms with E-state index in [0.29, 0.717) is 26.1 Å². The Hall–Kier alpha value is -1.92. The Kier molecular flexibility index (Phi) is 5.16. The molecule has 1 aromatic heterocycles. The smallest absolute Gasteiger partial charge is 0.214 e. The predicted molar refractivity (Wildman–Crippen MR) is 94.3 cm³/mol. The van der Waals surface area contributed by atoms with Crippen LogP contribution in [0.5, 0.6) is 5.75 Å². The van der Waals surface area contributed by atoms with Gasteiger partial charge >= 0.3 is 0 Å². The third-order valence-corrected chi connectivity index (χ3v) is 5.90. The molecule has 0 amide bonds. The number of pyridine rings is 1. The van der Waals surface area contributed by atoms with E-state index in [9.17, 15) is 8.42 Å². The van der Waals surface area contributed by atoms with Crippen LogP contribution < -0.4 is 4.74 Å². The summed E-state index contributed by atoms with van der Waals surface area (Å²) in [5, 5.41) is 0. The van der Waals surface area contributed by atoms with Crippen molar-refractivity contribution in [3.8, 4) is 17.0 Å².